The highest BCUT2D eigenvalue weighted by atomic mass is 16.3. The van der Waals surface area contributed by atoms with Gasteiger partial charge in [-0.05, 0) is 24.1 Å². The zero-order valence-electron chi connectivity index (χ0n) is 9.48. The van der Waals surface area contributed by atoms with Gasteiger partial charge >= 0.3 is 0 Å². The quantitative estimate of drug-likeness (QED) is 0.801. The third-order valence-electron chi connectivity index (χ3n) is 2.50. The fourth-order valence-electron chi connectivity index (χ4n) is 1.62. The van der Waals surface area contributed by atoms with Crippen LogP contribution >= 0.6 is 0 Å². The molecule has 17 heavy (non-hydrogen) atoms. The van der Waals surface area contributed by atoms with E-state index < -0.39 is 0 Å². The minimum atomic E-state index is -0.00626. The fraction of sp³-hybridized carbons (Fsp3) is 0.333. The van der Waals surface area contributed by atoms with Gasteiger partial charge in [0.1, 0.15) is 5.52 Å². The van der Waals surface area contributed by atoms with Gasteiger partial charge in [0.15, 0.2) is 12.0 Å². The highest BCUT2D eigenvalue weighted by Crippen LogP contribution is 2.14. The molecule has 5 nitrogen and oxygen atoms in total. The van der Waals surface area contributed by atoms with Crippen LogP contribution in [-0.4, -0.2) is 24.0 Å². The average Bonchev–Trinajstić information content (AvgIpc) is 2.76. The molecule has 0 radical (unpaired) electrons. The summed E-state index contributed by atoms with van der Waals surface area (Å²) in [4.78, 5) is 15.2. The fourth-order valence-corrected chi connectivity index (χ4v) is 1.62. The molecule has 5 heteroatoms. The number of amides is 1. The van der Waals surface area contributed by atoms with Crippen molar-refractivity contribution in [2.45, 2.75) is 12.8 Å². The number of nitrogens with two attached hydrogens (primary N) is 1. The van der Waals surface area contributed by atoms with E-state index in [0.29, 0.717) is 19.5 Å². The number of fused-ring (bicyclic) bond motifs is 1. The van der Waals surface area contributed by atoms with Crippen LogP contribution in [0.4, 0.5) is 0 Å². The van der Waals surface area contributed by atoms with Crippen molar-refractivity contribution in [1.82, 2.24) is 10.3 Å². The number of carbonyl (C=O) groups excluding carboxylic acids is 1. The molecule has 0 saturated carbocycles. The van der Waals surface area contributed by atoms with E-state index in [1.54, 1.807) is 0 Å². The maximum absolute atomic E-state index is 11.2. The molecule has 0 unspecified atom stereocenters. The second-order valence-electron chi connectivity index (χ2n) is 3.79. The Balaban J connectivity index is 1.88. The van der Waals surface area contributed by atoms with Crippen molar-refractivity contribution in [2.24, 2.45) is 5.73 Å². The standard InChI is InChI=1S/C12H15N3O2/c13-5-3-12(16)14-6-4-9-1-2-10-11(7-9)17-8-15-10/h1-2,7-8H,3-6,13H2,(H,14,16). The molecule has 2 aromatic rings. The Hall–Kier alpha value is -1.88. The lowest BCUT2D eigenvalue weighted by Crippen LogP contribution is -2.27. The van der Waals surface area contributed by atoms with Crippen molar-refractivity contribution in [3.05, 3.63) is 30.2 Å². The van der Waals surface area contributed by atoms with Gasteiger partial charge in [0.2, 0.25) is 5.91 Å². The first kappa shape index (κ1) is 11.6. The molecule has 0 aliphatic carbocycles. The van der Waals surface area contributed by atoms with Crippen molar-refractivity contribution in [3.63, 3.8) is 0 Å². The first-order valence-corrected chi connectivity index (χ1v) is 5.58. The van der Waals surface area contributed by atoms with Crippen LogP contribution in [0, 0.1) is 0 Å². The SMILES string of the molecule is NCCC(=O)NCCc1ccc2ncoc2c1. The van der Waals surface area contributed by atoms with E-state index in [1.807, 2.05) is 18.2 Å². The Bertz CT molecular complexity index is 507. The summed E-state index contributed by atoms with van der Waals surface area (Å²) in [5.41, 5.74) is 8.02. The van der Waals surface area contributed by atoms with E-state index in [9.17, 15) is 4.79 Å². The second-order valence-corrected chi connectivity index (χ2v) is 3.79. The molecule has 0 spiro atoms. The third kappa shape index (κ3) is 3.04. The number of nitrogens with one attached hydrogen (secondary N) is 1. The summed E-state index contributed by atoms with van der Waals surface area (Å²) < 4.78 is 5.21. The lowest BCUT2D eigenvalue weighted by atomic mass is 10.1. The van der Waals surface area contributed by atoms with Crippen molar-refractivity contribution >= 4 is 17.0 Å². The van der Waals surface area contributed by atoms with E-state index >= 15 is 0 Å². The summed E-state index contributed by atoms with van der Waals surface area (Å²) in [6, 6.07) is 5.84. The highest BCUT2D eigenvalue weighted by Gasteiger charge is 2.02. The highest BCUT2D eigenvalue weighted by molar-refractivity contribution is 5.76. The normalized spacial score (nSPS) is 10.6. The summed E-state index contributed by atoms with van der Waals surface area (Å²) in [7, 11) is 0. The summed E-state index contributed by atoms with van der Waals surface area (Å²) in [5.74, 6) is -0.00626. The van der Waals surface area contributed by atoms with Crippen molar-refractivity contribution in [2.75, 3.05) is 13.1 Å². The number of benzene rings is 1. The van der Waals surface area contributed by atoms with Crippen LogP contribution < -0.4 is 11.1 Å². The first-order valence-electron chi connectivity index (χ1n) is 5.58. The summed E-state index contributed by atoms with van der Waals surface area (Å²) >= 11 is 0. The zero-order valence-corrected chi connectivity index (χ0v) is 9.48. The van der Waals surface area contributed by atoms with Gasteiger partial charge in [-0.1, -0.05) is 6.07 Å². The molecule has 1 aromatic carbocycles. The number of nitrogens with zero attached hydrogens (tertiary/aromatic N) is 1. The minimum Gasteiger partial charge on any atom is -0.443 e. The van der Waals surface area contributed by atoms with Gasteiger partial charge in [0.25, 0.3) is 0 Å². The van der Waals surface area contributed by atoms with E-state index in [0.717, 1.165) is 23.1 Å². The van der Waals surface area contributed by atoms with Crippen molar-refractivity contribution < 1.29 is 9.21 Å². The predicted molar refractivity (Wildman–Crippen MR) is 64.4 cm³/mol. The van der Waals surface area contributed by atoms with E-state index in [2.05, 4.69) is 10.3 Å². The number of aromatic nitrogens is 1. The second kappa shape index (κ2) is 5.45. The molecule has 0 fully saturated rings. The Kier molecular flexibility index (Phi) is 3.72. The molecule has 1 heterocycles. The Morgan fingerprint density at radius 2 is 2.35 bits per heavy atom. The lowest BCUT2D eigenvalue weighted by molar-refractivity contribution is -0.120. The van der Waals surface area contributed by atoms with Crippen LogP contribution in [0.2, 0.25) is 0 Å². The smallest absolute Gasteiger partial charge is 0.221 e. The predicted octanol–water partition coefficient (Wildman–Crippen LogP) is 0.835. The van der Waals surface area contributed by atoms with Crippen LogP contribution in [-0.2, 0) is 11.2 Å². The van der Waals surface area contributed by atoms with Crippen LogP contribution in [0.15, 0.2) is 29.0 Å². The zero-order chi connectivity index (χ0) is 12.1. The molecular formula is C12H15N3O2. The number of hydrogen-bond acceptors (Lipinski definition) is 4. The number of oxazole rings is 1. The third-order valence-corrected chi connectivity index (χ3v) is 2.50. The molecule has 0 aliphatic heterocycles. The molecular weight excluding hydrogens is 218 g/mol. The molecule has 2 rings (SSSR count). The monoisotopic (exact) mass is 233 g/mol. The van der Waals surface area contributed by atoms with Gasteiger partial charge < -0.3 is 15.5 Å². The topological polar surface area (TPSA) is 81.2 Å². The van der Waals surface area contributed by atoms with E-state index in [4.69, 9.17) is 10.2 Å². The van der Waals surface area contributed by atoms with Gasteiger partial charge in [-0.2, -0.15) is 0 Å². The molecule has 90 valence electrons. The van der Waals surface area contributed by atoms with Gasteiger partial charge in [0.05, 0.1) is 0 Å². The largest absolute Gasteiger partial charge is 0.443 e. The number of hydrogen-bond donors (Lipinski definition) is 2. The Morgan fingerprint density at radius 3 is 3.18 bits per heavy atom. The van der Waals surface area contributed by atoms with Crippen LogP contribution in [0.25, 0.3) is 11.1 Å². The molecule has 0 atom stereocenters. The van der Waals surface area contributed by atoms with Crippen molar-refractivity contribution in [1.29, 1.82) is 0 Å². The summed E-state index contributed by atoms with van der Waals surface area (Å²) in [6.45, 7) is 0.994. The summed E-state index contributed by atoms with van der Waals surface area (Å²) in [6.07, 6.45) is 2.57. The Morgan fingerprint density at radius 1 is 1.47 bits per heavy atom. The first-order chi connectivity index (χ1) is 8.29. The van der Waals surface area contributed by atoms with E-state index in [-0.39, 0.29) is 5.91 Å². The molecule has 0 bridgehead atoms. The van der Waals surface area contributed by atoms with Crippen LogP contribution in [0.3, 0.4) is 0 Å². The molecule has 1 aromatic heterocycles. The molecule has 3 N–H and O–H groups in total. The number of carbonyl (C=O) groups is 1. The average molecular weight is 233 g/mol. The van der Waals surface area contributed by atoms with Gasteiger partial charge in [0, 0.05) is 19.5 Å². The van der Waals surface area contributed by atoms with Gasteiger partial charge in [-0.15, -0.1) is 0 Å². The van der Waals surface area contributed by atoms with Crippen molar-refractivity contribution in [3.8, 4) is 0 Å². The number of rotatable bonds is 5. The molecule has 0 aliphatic rings. The minimum absolute atomic E-state index is 0.00626. The van der Waals surface area contributed by atoms with Gasteiger partial charge in [-0.25, -0.2) is 4.98 Å². The Labute approximate surface area is 99.0 Å². The maximum Gasteiger partial charge on any atom is 0.221 e. The molecule has 1 amide bonds. The molecule has 0 saturated heterocycles. The lowest BCUT2D eigenvalue weighted by Gasteiger charge is -2.04. The van der Waals surface area contributed by atoms with Gasteiger partial charge in [-0.3, -0.25) is 4.79 Å². The van der Waals surface area contributed by atoms with E-state index in [1.165, 1.54) is 6.39 Å². The summed E-state index contributed by atoms with van der Waals surface area (Å²) in [5, 5.41) is 2.81. The maximum atomic E-state index is 11.2. The van der Waals surface area contributed by atoms with Crippen LogP contribution in [0.1, 0.15) is 12.0 Å². The van der Waals surface area contributed by atoms with Crippen LogP contribution in [0.5, 0.6) is 0 Å².